The third kappa shape index (κ3) is 3.28. The van der Waals surface area contributed by atoms with E-state index in [0.717, 1.165) is 25.1 Å². The largest absolute Gasteiger partial charge is 0.492 e. The number of carbonyl (C=O) groups excluding carboxylic acids is 2. The summed E-state index contributed by atoms with van der Waals surface area (Å²) in [5.74, 6) is -0.317. The summed E-state index contributed by atoms with van der Waals surface area (Å²) in [6.07, 6.45) is 3.76. The first-order valence-corrected chi connectivity index (χ1v) is 9.51. The molecule has 26 heavy (non-hydrogen) atoms. The van der Waals surface area contributed by atoms with Crippen molar-refractivity contribution in [3.05, 3.63) is 69.1 Å². The smallest absolute Gasteiger partial charge is 0.229 e. The molecule has 0 amide bonds. The van der Waals surface area contributed by atoms with Gasteiger partial charge in [0.2, 0.25) is 5.78 Å². The van der Waals surface area contributed by atoms with Crippen LogP contribution in [0, 0.1) is 0 Å². The van der Waals surface area contributed by atoms with Gasteiger partial charge in [-0.3, -0.25) is 9.59 Å². The van der Waals surface area contributed by atoms with Crippen LogP contribution in [0.1, 0.15) is 38.3 Å². The summed E-state index contributed by atoms with van der Waals surface area (Å²) >= 11 is 3.32. The quantitative estimate of drug-likeness (QED) is 0.681. The van der Waals surface area contributed by atoms with Crippen molar-refractivity contribution < 1.29 is 14.3 Å². The van der Waals surface area contributed by atoms with Crippen LogP contribution in [0.3, 0.4) is 0 Å². The average molecular weight is 416 g/mol. The standard InChI is InChI=1S/C21H22BrNO3/c1-13-19(24)18(22)17(20(25)21(13)26-3)12-16-10-7-11-23(16)14(2)15-8-5-4-6-9-15/h4-6,8-9,12,14H,7,10-11H2,1-3H3/b16-12+. The molecule has 1 aliphatic heterocycles. The molecule has 1 unspecified atom stereocenters. The van der Waals surface area contributed by atoms with Crippen LogP contribution in [0.15, 0.2) is 63.5 Å². The Balaban J connectivity index is 1.96. The number of Topliss-reactive ketones (excluding diaryl/α,β-unsaturated/α-hetero) is 2. The van der Waals surface area contributed by atoms with Crippen LogP contribution in [0.2, 0.25) is 0 Å². The Hall–Kier alpha value is -2.14. The van der Waals surface area contributed by atoms with Gasteiger partial charge in [0.05, 0.1) is 17.6 Å². The summed E-state index contributed by atoms with van der Waals surface area (Å²) in [6, 6.07) is 10.5. The molecule has 136 valence electrons. The van der Waals surface area contributed by atoms with Gasteiger partial charge in [-0.05, 0) is 54.3 Å². The lowest BCUT2D eigenvalue weighted by Crippen LogP contribution is -2.24. The maximum atomic E-state index is 12.8. The second-order valence-corrected chi connectivity index (χ2v) is 7.36. The minimum Gasteiger partial charge on any atom is -0.492 e. The van der Waals surface area contributed by atoms with Gasteiger partial charge in [0.1, 0.15) is 0 Å². The molecule has 1 aliphatic carbocycles. The van der Waals surface area contributed by atoms with Crippen LogP contribution in [-0.2, 0) is 14.3 Å². The first-order chi connectivity index (χ1) is 12.5. The number of benzene rings is 1. The van der Waals surface area contributed by atoms with E-state index in [1.54, 1.807) is 6.92 Å². The van der Waals surface area contributed by atoms with E-state index in [1.165, 1.54) is 12.7 Å². The van der Waals surface area contributed by atoms with E-state index in [1.807, 2.05) is 24.3 Å². The normalized spacial score (nSPS) is 21.1. The fourth-order valence-electron chi connectivity index (χ4n) is 3.55. The van der Waals surface area contributed by atoms with Crippen LogP contribution in [0.25, 0.3) is 0 Å². The van der Waals surface area contributed by atoms with Crippen LogP contribution in [0.4, 0.5) is 0 Å². The second-order valence-electron chi connectivity index (χ2n) is 6.56. The number of likely N-dealkylation sites (tertiary alicyclic amines) is 1. The number of ether oxygens (including phenoxy) is 1. The lowest BCUT2D eigenvalue weighted by Gasteiger charge is -2.29. The molecule has 0 aromatic heterocycles. The summed E-state index contributed by atoms with van der Waals surface area (Å²) in [4.78, 5) is 27.5. The summed E-state index contributed by atoms with van der Waals surface area (Å²) in [5.41, 5.74) is 3.02. The zero-order valence-electron chi connectivity index (χ0n) is 15.2. The number of carbonyl (C=O) groups is 2. The third-order valence-electron chi connectivity index (χ3n) is 5.03. The number of methoxy groups -OCH3 is 1. The molecule has 5 heteroatoms. The van der Waals surface area contributed by atoms with Gasteiger partial charge in [-0.1, -0.05) is 30.3 Å². The molecule has 1 heterocycles. The van der Waals surface area contributed by atoms with Gasteiger partial charge >= 0.3 is 0 Å². The first kappa shape index (κ1) is 18.6. The van der Waals surface area contributed by atoms with Gasteiger partial charge < -0.3 is 9.64 Å². The molecular formula is C21H22BrNO3. The molecule has 0 radical (unpaired) electrons. The molecular weight excluding hydrogens is 394 g/mol. The Bertz CT molecular complexity index is 836. The molecule has 1 aromatic rings. The van der Waals surface area contributed by atoms with E-state index in [2.05, 4.69) is 39.9 Å². The van der Waals surface area contributed by atoms with E-state index in [-0.39, 0.29) is 23.4 Å². The molecule has 1 fully saturated rings. The van der Waals surface area contributed by atoms with Gasteiger partial charge in [0, 0.05) is 23.4 Å². The van der Waals surface area contributed by atoms with Crippen molar-refractivity contribution in [1.29, 1.82) is 0 Å². The number of allylic oxidation sites excluding steroid dienone is 5. The molecule has 1 saturated heterocycles. The van der Waals surface area contributed by atoms with E-state index < -0.39 is 0 Å². The number of halogens is 1. The maximum absolute atomic E-state index is 12.8. The lowest BCUT2D eigenvalue weighted by molar-refractivity contribution is -0.118. The van der Waals surface area contributed by atoms with Crippen molar-refractivity contribution in [3.63, 3.8) is 0 Å². The Kier molecular flexibility index (Phi) is 5.47. The molecule has 0 bridgehead atoms. The molecule has 0 spiro atoms. The third-order valence-corrected chi connectivity index (χ3v) is 5.82. The maximum Gasteiger partial charge on any atom is 0.229 e. The Morgan fingerprint density at radius 2 is 1.88 bits per heavy atom. The fourth-order valence-corrected chi connectivity index (χ4v) is 4.14. The summed E-state index contributed by atoms with van der Waals surface area (Å²) < 4.78 is 5.50. The average Bonchev–Trinajstić information content (AvgIpc) is 3.12. The molecule has 0 saturated carbocycles. The van der Waals surface area contributed by atoms with Crippen molar-refractivity contribution in [2.45, 2.75) is 32.7 Å². The monoisotopic (exact) mass is 415 g/mol. The van der Waals surface area contributed by atoms with Gasteiger partial charge in [0.15, 0.2) is 11.5 Å². The SMILES string of the molecule is COC1=C(C)C(=O)C(Br)=C(/C=C2\CCCN2C(C)c2ccccc2)C1=O. The van der Waals surface area contributed by atoms with Crippen molar-refractivity contribution in [2.24, 2.45) is 0 Å². The summed E-state index contributed by atoms with van der Waals surface area (Å²) in [5, 5.41) is 0. The van der Waals surface area contributed by atoms with Crippen molar-refractivity contribution in [1.82, 2.24) is 4.90 Å². The van der Waals surface area contributed by atoms with Gasteiger partial charge in [-0.25, -0.2) is 0 Å². The predicted octanol–water partition coefficient (Wildman–Crippen LogP) is 4.45. The van der Waals surface area contributed by atoms with Crippen LogP contribution >= 0.6 is 15.9 Å². The van der Waals surface area contributed by atoms with Gasteiger partial charge in [0.25, 0.3) is 0 Å². The molecule has 4 nitrogen and oxygen atoms in total. The zero-order valence-corrected chi connectivity index (χ0v) is 16.8. The van der Waals surface area contributed by atoms with Crippen LogP contribution in [-0.4, -0.2) is 30.1 Å². The Morgan fingerprint density at radius 1 is 1.19 bits per heavy atom. The number of nitrogens with zero attached hydrogens (tertiary/aromatic N) is 1. The highest BCUT2D eigenvalue weighted by atomic mass is 79.9. The van der Waals surface area contributed by atoms with E-state index >= 15 is 0 Å². The Morgan fingerprint density at radius 3 is 2.54 bits per heavy atom. The number of ketones is 2. The molecule has 1 atom stereocenters. The van der Waals surface area contributed by atoms with E-state index in [9.17, 15) is 9.59 Å². The lowest BCUT2D eigenvalue weighted by atomic mass is 9.95. The second kappa shape index (κ2) is 7.62. The predicted molar refractivity (Wildman–Crippen MR) is 105 cm³/mol. The summed E-state index contributed by atoms with van der Waals surface area (Å²) in [6.45, 7) is 4.71. The van der Waals surface area contributed by atoms with Crippen LogP contribution in [0.5, 0.6) is 0 Å². The minimum absolute atomic E-state index is 0.130. The molecule has 2 aliphatic rings. The summed E-state index contributed by atoms with van der Waals surface area (Å²) in [7, 11) is 1.42. The molecule has 0 N–H and O–H groups in total. The fraction of sp³-hybridized carbons (Fsp3) is 0.333. The number of hydrogen-bond acceptors (Lipinski definition) is 4. The van der Waals surface area contributed by atoms with E-state index in [0.29, 0.717) is 15.6 Å². The van der Waals surface area contributed by atoms with Gasteiger partial charge in [-0.2, -0.15) is 0 Å². The molecule has 1 aromatic carbocycles. The highest BCUT2D eigenvalue weighted by molar-refractivity contribution is 9.12. The van der Waals surface area contributed by atoms with E-state index in [4.69, 9.17) is 4.74 Å². The highest BCUT2D eigenvalue weighted by Gasteiger charge is 2.33. The topological polar surface area (TPSA) is 46.6 Å². The Labute approximate surface area is 162 Å². The highest BCUT2D eigenvalue weighted by Crippen LogP contribution is 2.35. The van der Waals surface area contributed by atoms with Crippen molar-refractivity contribution in [2.75, 3.05) is 13.7 Å². The van der Waals surface area contributed by atoms with Gasteiger partial charge in [-0.15, -0.1) is 0 Å². The number of hydrogen-bond donors (Lipinski definition) is 0. The first-order valence-electron chi connectivity index (χ1n) is 8.72. The van der Waals surface area contributed by atoms with Crippen molar-refractivity contribution in [3.8, 4) is 0 Å². The zero-order chi connectivity index (χ0) is 18.8. The molecule has 3 rings (SSSR count). The minimum atomic E-state index is -0.247. The van der Waals surface area contributed by atoms with Crippen molar-refractivity contribution >= 4 is 27.5 Å². The van der Waals surface area contributed by atoms with Crippen LogP contribution < -0.4 is 0 Å². The number of rotatable bonds is 4.